The van der Waals surface area contributed by atoms with Crippen LogP contribution in [0.5, 0.6) is 5.75 Å². The molecule has 0 aromatic heterocycles. The molecular formula is C17H17FN2O3S. The number of methoxy groups -OCH3 is 1. The molecular weight excluding hydrogens is 331 g/mol. The van der Waals surface area contributed by atoms with Crippen LogP contribution in [0.3, 0.4) is 0 Å². The van der Waals surface area contributed by atoms with Crippen molar-refractivity contribution in [1.29, 1.82) is 0 Å². The summed E-state index contributed by atoms with van der Waals surface area (Å²) in [5.74, 6) is -0.569. The summed E-state index contributed by atoms with van der Waals surface area (Å²) >= 11 is 1.06. The van der Waals surface area contributed by atoms with E-state index in [4.69, 9.17) is 4.74 Å². The molecule has 0 saturated heterocycles. The fourth-order valence-corrected chi connectivity index (χ4v) is 2.69. The van der Waals surface area contributed by atoms with Crippen molar-refractivity contribution in [3.8, 4) is 5.75 Å². The van der Waals surface area contributed by atoms with E-state index in [2.05, 4.69) is 10.9 Å². The topological polar surface area (TPSA) is 67.4 Å². The Hall–Kier alpha value is -2.54. The maximum absolute atomic E-state index is 13.4. The molecule has 7 heteroatoms. The average molecular weight is 348 g/mol. The number of thioether (sulfide) groups is 1. The van der Waals surface area contributed by atoms with E-state index >= 15 is 0 Å². The van der Waals surface area contributed by atoms with E-state index in [1.807, 2.05) is 6.07 Å². The fraction of sp³-hybridized carbons (Fsp3) is 0.176. The van der Waals surface area contributed by atoms with Crippen molar-refractivity contribution in [1.82, 2.24) is 10.9 Å². The predicted octanol–water partition coefficient (Wildman–Crippen LogP) is 2.32. The zero-order valence-electron chi connectivity index (χ0n) is 13.0. The van der Waals surface area contributed by atoms with Crippen molar-refractivity contribution >= 4 is 23.6 Å². The predicted molar refractivity (Wildman–Crippen MR) is 90.1 cm³/mol. The second-order valence-electron chi connectivity index (χ2n) is 4.80. The van der Waals surface area contributed by atoms with Crippen molar-refractivity contribution in [2.45, 2.75) is 11.3 Å². The molecule has 2 aromatic carbocycles. The van der Waals surface area contributed by atoms with Gasteiger partial charge >= 0.3 is 0 Å². The maximum atomic E-state index is 13.4. The standard InChI is InChI=1S/C17H17FN2O3S/c1-23-14-8-4-2-6-12(14)10-16(21)19-20-17(22)11-24-15-9-5-3-7-13(15)18/h2-9H,10-11H2,1H3,(H,19,21)(H,20,22). The van der Waals surface area contributed by atoms with E-state index in [-0.39, 0.29) is 23.9 Å². The number of carbonyl (C=O) groups is 2. The van der Waals surface area contributed by atoms with Crippen molar-refractivity contribution in [2.75, 3.05) is 12.9 Å². The molecule has 2 amide bonds. The van der Waals surface area contributed by atoms with Gasteiger partial charge in [-0.25, -0.2) is 4.39 Å². The van der Waals surface area contributed by atoms with E-state index < -0.39 is 5.91 Å². The number of para-hydroxylation sites is 1. The number of carbonyl (C=O) groups excluding carboxylic acids is 2. The highest BCUT2D eigenvalue weighted by Gasteiger charge is 2.10. The molecule has 2 N–H and O–H groups in total. The first kappa shape index (κ1) is 17.8. The normalized spacial score (nSPS) is 10.1. The molecule has 0 aliphatic heterocycles. The second kappa shape index (κ2) is 8.93. The molecule has 0 bridgehead atoms. The summed E-state index contributed by atoms with van der Waals surface area (Å²) in [6.07, 6.45) is 0.0742. The molecule has 0 radical (unpaired) electrons. The minimum absolute atomic E-state index is 0.00410. The molecule has 0 heterocycles. The third-order valence-corrected chi connectivity index (χ3v) is 4.13. The van der Waals surface area contributed by atoms with Crippen LogP contribution in [-0.4, -0.2) is 24.7 Å². The second-order valence-corrected chi connectivity index (χ2v) is 5.82. The average Bonchev–Trinajstić information content (AvgIpc) is 2.59. The number of nitrogens with one attached hydrogen (secondary N) is 2. The van der Waals surface area contributed by atoms with E-state index in [0.717, 1.165) is 11.8 Å². The van der Waals surface area contributed by atoms with Crippen LogP contribution >= 0.6 is 11.8 Å². The van der Waals surface area contributed by atoms with Gasteiger partial charge in [0.25, 0.3) is 0 Å². The van der Waals surface area contributed by atoms with Crippen LogP contribution in [0.25, 0.3) is 0 Å². The van der Waals surface area contributed by atoms with E-state index in [0.29, 0.717) is 16.2 Å². The molecule has 0 atom stereocenters. The lowest BCUT2D eigenvalue weighted by atomic mass is 10.1. The summed E-state index contributed by atoms with van der Waals surface area (Å²) in [5, 5.41) is 0. The van der Waals surface area contributed by atoms with Crippen molar-refractivity contribution in [2.24, 2.45) is 0 Å². The van der Waals surface area contributed by atoms with Crippen LogP contribution < -0.4 is 15.6 Å². The Morgan fingerprint density at radius 2 is 1.71 bits per heavy atom. The third kappa shape index (κ3) is 5.27. The zero-order chi connectivity index (χ0) is 17.4. The Kier molecular flexibility index (Phi) is 6.62. The first-order valence-corrected chi connectivity index (χ1v) is 8.15. The van der Waals surface area contributed by atoms with Gasteiger partial charge in [-0.05, 0) is 18.2 Å². The van der Waals surface area contributed by atoms with Crippen LogP contribution in [0.2, 0.25) is 0 Å². The molecule has 2 rings (SSSR count). The number of hydrogen-bond donors (Lipinski definition) is 2. The summed E-state index contributed by atoms with van der Waals surface area (Å²) in [5.41, 5.74) is 5.35. The number of halogens is 1. The van der Waals surface area contributed by atoms with E-state index in [1.165, 1.54) is 13.2 Å². The summed E-state index contributed by atoms with van der Waals surface area (Å²) in [6, 6.07) is 13.3. The Labute approximate surface area is 143 Å². The largest absolute Gasteiger partial charge is 0.496 e. The van der Waals surface area contributed by atoms with E-state index in [9.17, 15) is 14.0 Å². The molecule has 0 aliphatic carbocycles. The SMILES string of the molecule is COc1ccccc1CC(=O)NNC(=O)CSc1ccccc1F. The highest BCUT2D eigenvalue weighted by molar-refractivity contribution is 8.00. The van der Waals surface area contributed by atoms with Crippen LogP contribution in [0, 0.1) is 5.82 Å². The van der Waals surface area contributed by atoms with Gasteiger partial charge in [0.1, 0.15) is 11.6 Å². The maximum Gasteiger partial charge on any atom is 0.248 e. The Morgan fingerprint density at radius 1 is 1.04 bits per heavy atom. The summed E-state index contributed by atoms with van der Waals surface area (Å²) < 4.78 is 18.6. The van der Waals surface area contributed by atoms with Gasteiger partial charge in [0.2, 0.25) is 11.8 Å². The Morgan fingerprint density at radius 3 is 2.46 bits per heavy atom. The molecule has 5 nitrogen and oxygen atoms in total. The summed E-state index contributed by atoms with van der Waals surface area (Å²) in [6.45, 7) is 0. The number of benzene rings is 2. The lowest BCUT2D eigenvalue weighted by molar-refractivity contribution is -0.127. The van der Waals surface area contributed by atoms with Crippen LogP contribution in [0.1, 0.15) is 5.56 Å². The van der Waals surface area contributed by atoms with Crippen LogP contribution in [0.4, 0.5) is 4.39 Å². The lowest BCUT2D eigenvalue weighted by Gasteiger charge is -2.10. The number of hydrazine groups is 1. The van der Waals surface area contributed by atoms with Gasteiger partial charge in [-0.3, -0.25) is 20.4 Å². The van der Waals surface area contributed by atoms with Gasteiger partial charge in [-0.1, -0.05) is 30.3 Å². The summed E-state index contributed by atoms with van der Waals surface area (Å²) in [7, 11) is 1.53. The van der Waals surface area contributed by atoms with Crippen molar-refractivity contribution < 1.29 is 18.7 Å². The van der Waals surface area contributed by atoms with Gasteiger partial charge in [-0.15, -0.1) is 11.8 Å². The number of rotatable bonds is 6. The van der Waals surface area contributed by atoms with Gasteiger partial charge in [0, 0.05) is 10.5 Å². The molecule has 2 aromatic rings. The summed E-state index contributed by atoms with van der Waals surface area (Å²) in [4.78, 5) is 24.0. The fourth-order valence-electron chi connectivity index (χ4n) is 1.95. The molecule has 0 aliphatic rings. The first-order valence-electron chi connectivity index (χ1n) is 7.17. The minimum Gasteiger partial charge on any atom is -0.496 e. The van der Waals surface area contributed by atoms with Crippen molar-refractivity contribution in [3.05, 3.63) is 59.9 Å². The lowest BCUT2D eigenvalue weighted by Crippen LogP contribution is -2.43. The van der Waals surface area contributed by atoms with Gasteiger partial charge in [0.15, 0.2) is 0 Å². The Balaban J connectivity index is 1.77. The molecule has 0 saturated carbocycles. The molecule has 126 valence electrons. The molecule has 0 unspecified atom stereocenters. The highest BCUT2D eigenvalue weighted by Crippen LogP contribution is 2.20. The number of ether oxygens (including phenoxy) is 1. The van der Waals surface area contributed by atoms with Crippen LogP contribution in [-0.2, 0) is 16.0 Å². The number of hydrogen-bond acceptors (Lipinski definition) is 4. The van der Waals surface area contributed by atoms with E-state index in [1.54, 1.807) is 36.4 Å². The minimum atomic E-state index is -0.420. The smallest absolute Gasteiger partial charge is 0.248 e. The number of amides is 2. The monoisotopic (exact) mass is 348 g/mol. The quantitative estimate of drug-likeness (QED) is 0.621. The van der Waals surface area contributed by atoms with Crippen molar-refractivity contribution in [3.63, 3.8) is 0 Å². The van der Waals surface area contributed by atoms with Gasteiger partial charge in [-0.2, -0.15) is 0 Å². The zero-order valence-corrected chi connectivity index (χ0v) is 13.9. The highest BCUT2D eigenvalue weighted by atomic mass is 32.2. The molecule has 24 heavy (non-hydrogen) atoms. The van der Waals surface area contributed by atoms with Crippen LogP contribution in [0.15, 0.2) is 53.4 Å². The Bertz CT molecular complexity index is 724. The van der Waals surface area contributed by atoms with Gasteiger partial charge < -0.3 is 4.74 Å². The third-order valence-electron chi connectivity index (χ3n) is 3.08. The van der Waals surface area contributed by atoms with Gasteiger partial charge in [0.05, 0.1) is 19.3 Å². The molecule has 0 fully saturated rings. The molecule has 0 spiro atoms. The first-order chi connectivity index (χ1) is 11.6.